The summed E-state index contributed by atoms with van der Waals surface area (Å²) in [6.45, 7) is 4.64. The van der Waals surface area contributed by atoms with Crippen LogP contribution in [0, 0.1) is 12.7 Å². The highest BCUT2D eigenvalue weighted by Gasteiger charge is 2.05. The molecule has 0 aliphatic rings. The van der Waals surface area contributed by atoms with Crippen LogP contribution in [-0.2, 0) is 11.3 Å². The summed E-state index contributed by atoms with van der Waals surface area (Å²) in [5.74, 6) is -0.254. The molecule has 0 aliphatic carbocycles. The summed E-state index contributed by atoms with van der Waals surface area (Å²) in [5, 5.41) is 5.91. The van der Waals surface area contributed by atoms with E-state index in [0.717, 1.165) is 22.5 Å². The lowest BCUT2D eigenvalue weighted by atomic mass is 10.1. The van der Waals surface area contributed by atoms with Crippen molar-refractivity contribution in [3.63, 3.8) is 0 Å². The Morgan fingerprint density at radius 3 is 2.55 bits per heavy atom. The third kappa shape index (κ3) is 4.48. The molecule has 0 heterocycles. The number of hydrogen-bond acceptors (Lipinski definition) is 3. The fourth-order valence-corrected chi connectivity index (χ4v) is 2.02. The molecular formula is C17H19FN2O2. The van der Waals surface area contributed by atoms with Gasteiger partial charge in [0.25, 0.3) is 0 Å². The van der Waals surface area contributed by atoms with Crippen LogP contribution in [0.15, 0.2) is 42.5 Å². The first-order valence-electron chi connectivity index (χ1n) is 7.11. The van der Waals surface area contributed by atoms with E-state index in [1.807, 2.05) is 25.1 Å². The van der Waals surface area contributed by atoms with E-state index in [4.69, 9.17) is 4.74 Å². The fraction of sp³-hybridized carbons (Fsp3) is 0.235. The summed E-state index contributed by atoms with van der Waals surface area (Å²) in [6, 6.07) is 12.0. The summed E-state index contributed by atoms with van der Waals surface area (Å²) >= 11 is 0. The van der Waals surface area contributed by atoms with Crippen LogP contribution < -0.4 is 10.6 Å². The maximum Gasteiger partial charge on any atom is 0.411 e. The van der Waals surface area contributed by atoms with Crippen LogP contribution in [0.4, 0.5) is 20.6 Å². The van der Waals surface area contributed by atoms with Gasteiger partial charge in [0.05, 0.1) is 6.61 Å². The van der Waals surface area contributed by atoms with Crippen molar-refractivity contribution in [2.45, 2.75) is 20.4 Å². The Kier molecular flexibility index (Phi) is 5.36. The zero-order chi connectivity index (χ0) is 15.9. The van der Waals surface area contributed by atoms with Gasteiger partial charge in [-0.05, 0) is 55.3 Å². The predicted octanol–water partition coefficient (Wildman–Crippen LogP) is 4.31. The zero-order valence-electron chi connectivity index (χ0n) is 12.7. The number of carbonyl (C=O) groups is 1. The number of amides is 1. The molecule has 0 radical (unpaired) electrons. The average molecular weight is 302 g/mol. The maximum absolute atomic E-state index is 12.8. The molecule has 0 bridgehead atoms. The van der Waals surface area contributed by atoms with E-state index in [1.54, 1.807) is 19.1 Å². The molecule has 0 spiro atoms. The van der Waals surface area contributed by atoms with Crippen LogP contribution in [0.25, 0.3) is 0 Å². The number of nitrogens with one attached hydrogen (secondary N) is 2. The van der Waals surface area contributed by atoms with Crippen LogP contribution >= 0.6 is 0 Å². The molecule has 0 saturated carbocycles. The van der Waals surface area contributed by atoms with E-state index in [0.29, 0.717) is 13.2 Å². The molecule has 116 valence electrons. The number of ether oxygens (including phenoxy) is 1. The van der Waals surface area contributed by atoms with Gasteiger partial charge in [0.1, 0.15) is 5.82 Å². The number of hydrogen-bond donors (Lipinski definition) is 2. The lowest BCUT2D eigenvalue weighted by Crippen LogP contribution is -2.14. The lowest BCUT2D eigenvalue weighted by Gasteiger charge is -2.11. The molecule has 0 aromatic heterocycles. The molecule has 0 atom stereocenters. The van der Waals surface area contributed by atoms with Gasteiger partial charge in [-0.15, -0.1) is 0 Å². The molecule has 2 aromatic rings. The topological polar surface area (TPSA) is 50.4 Å². The minimum atomic E-state index is -0.456. The van der Waals surface area contributed by atoms with Crippen molar-refractivity contribution in [3.8, 4) is 0 Å². The van der Waals surface area contributed by atoms with Crippen molar-refractivity contribution in [1.82, 2.24) is 0 Å². The average Bonchev–Trinajstić information content (AvgIpc) is 2.49. The van der Waals surface area contributed by atoms with Gasteiger partial charge in [0.15, 0.2) is 0 Å². The van der Waals surface area contributed by atoms with Crippen LogP contribution in [0.5, 0.6) is 0 Å². The highest BCUT2D eigenvalue weighted by Crippen LogP contribution is 2.18. The summed E-state index contributed by atoms with van der Waals surface area (Å²) in [4.78, 5) is 11.4. The van der Waals surface area contributed by atoms with Crippen molar-refractivity contribution in [2.24, 2.45) is 0 Å². The van der Waals surface area contributed by atoms with Crippen molar-refractivity contribution in [3.05, 3.63) is 59.4 Å². The quantitative estimate of drug-likeness (QED) is 0.865. The Labute approximate surface area is 129 Å². The van der Waals surface area contributed by atoms with E-state index in [-0.39, 0.29) is 5.82 Å². The smallest absolute Gasteiger partial charge is 0.411 e. The Bertz CT molecular complexity index is 642. The summed E-state index contributed by atoms with van der Waals surface area (Å²) in [7, 11) is 0. The monoisotopic (exact) mass is 302 g/mol. The van der Waals surface area contributed by atoms with Crippen LogP contribution in [0.3, 0.4) is 0 Å². The first-order chi connectivity index (χ1) is 10.6. The van der Waals surface area contributed by atoms with E-state index in [2.05, 4.69) is 10.6 Å². The molecule has 0 saturated heterocycles. The third-order valence-electron chi connectivity index (χ3n) is 3.14. The summed E-state index contributed by atoms with van der Waals surface area (Å²) in [5.41, 5.74) is 3.60. The summed E-state index contributed by atoms with van der Waals surface area (Å²) < 4.78 is 17.7. The van der Waals surface area contributed by atoms with Gasteiger partial charge < -0.3 is 10.1 Å². The SMILES string of the molecule is CCOC(=O)Nc1ccc(CNc2ccc(F)cc2)cc1C. The Hall–Kier alpha value is -2.56. The van der Waals surface area contributed by atoms with Gasteiger partial charge in [-0.3, -0.25) is 5.32 Å². The molecular weight excluding hydrogens is 283 g/mol. The number of anilines is 2. The van der Waals surface area contributed by atoms with Crippen molar-refractivity contribution < 1.29 is 13.9 Å². The van der Waals surface area contributed by atoms with Crippen molar-refractivity contribution in [2.75, 3.05) is 17.2 Å². The molecule has 0 fully saturated rings. The van der Waals surface area contributed by atoms with Gasteiger partial charge in [-0.2, -0.15) is 0 Å². The van der Waals surface area contributed by atoms with E-state index < -0.39 is 6.09 Å². The molecule has 1 amide bonds. The number of aryl methyl sites for hydroxylation is 1. The van der Waals surface area contributed by atoms with E-state index >= 15 is 0 Å². The zero-order valence-corrected chi connectivity index (χ0v) is 12.7. The van der Waals surface area contributed by atoms with Gasteiger partial charge in [0.2, 0.25) is 0 Å². The first kappa shape index (κ1) is 15.8. The van der Waals surface area contributed by atoms with Crippen molar-refractivity contribution in [1.29, 1.82) is 0 Å². The van der Waals surface area contributed by atoms with Crippen LogP contribution in [0.1, 0.15) is 18.1 Å². The van der Waals surface area contributed by atoms with Crippen molar-refractivity contribution >= 4 is 17.5 Å². The molecule has 2 N–H and O–H groups in total. The Balaban J connectivity index is 1.97. The highest BCUT2D eigenvalue weighted by atomic mass is 19.1. The Morgan fingerprint density at radius 1 is 1.18 bits per heavy atom. The minimum absolute atomic E-state index is 0.254. The normalized spacial score (nSPS) is 10.1. The number of benzene rings is 2. The minimum Gasteiger partial charge on any atom is -0.450 e. The first-order valence-corrected chi connectivity index (χ1v) is 7.11. The fourth-order valence-electron chi connectivity index (χ4n) is 2.02. The Morgan fingerprint density at radius 2 is 1.91 bits per heavy atom. The predicted molar refractivity (Wildman–Crippen MR) is 85.6 cm³/mol. The molecule has 2 aromatic carbocycles. The van der Waals surface area contributed by atoms with Gasteiger partial charge >= 0.3 is 6.09 Å². The molecule has 0 aliphatic heterocycles. The second-order valence-corrected chi connectivity index (χ2v) is 4.86. The van der Waals surface area contributed by atoms with Crippen LogP contribution in [-0.4, -0.2) is 12.7 Å². The van der Waals surface area contributed by atoms with Gasteiger partial charge in [-0.25, -0.2) is 9.18 Å². The molecule has 4 nitrogen and oxygen atoms in total. The van der Waals surface area contributed by atoms with Gasteiger partial charge in [0, 0.05) is 17.9 Å². The van der Waals surface area contributed by atoms with Gasteiger partial charge in [-0.1, -0.05) is 12.1 Å². The molecule has 22 heavy (non-hydrogen) atoms. The number of carbonyl (C=O) groups excluding carboxylic acids is 1. The third-order valence-corrected chi connectivity index (χ3v) is 3.14. The number of rotatable bonds is 5. The summed E-state index contributed by atoms with van der Waals surface area (Å²) in [6.07, 6.45) is -0.456. The largest absolute Gasteiger partial charge is 0.450 e. The maximum atomic E-state index is 12.8. The molecule has 0 unspecified atom stereocenters. The second-order valence-electron chi connectivity index (χ2n) is 4.86. The molecule has 5 heteroatoms. The molecule has 2 rings (SSSR count). The van der Waals surface area contributed by atoms with E-state index in [9.17, 15) is 9.18 Å². The van der Waals surface area contributed by atoms with E-state index in [1.165, 1.54) is 12.1 Å². The van der Waals surface area contributed by atoms with Crippen LogP contribution in [0.2, 0.25) is 0 Å². The number of halogens is 1. The second kappa shape index (κ2) is 7.45. The highest BCUT2D eigenvalue weighted by molar-refractivity contribution is 5.85. The lowest BCUT2D eigenvalue weighted by molar-refractivity contribution is 0.168. The standard InChI is InChI=1S/C17H19FN2O2/c1-3-22-17(21)20-16-9-4-13(10-12(16)2)11-19-15-7-5-14(18)6-8-15/h4-10,19H,3,11H2,1-2H3,(H,20,21).